The maximum absolute atomic E-state index is 12.9. The van der Waals surface area contributed by atoms with Crippen molar-refractivity contribution in [2.75, 3.05) is 0 Å². The number of aliphatic hydroxyl groups excluding tert-OH is 1. The largest absolute Gasteiger partial charge is 0.391 e. The molecule has 0 fully saturated rings. The summed E-state index contributed by atoms with van der Waals surface area (Å²) < 4.78 is 13.5. The molecule has 0 aliphatic carbocycles. The van der Waals surface area contributed by atoms with Crippen LogP contribution in [-0.4, -0.2) is 11.2 Å². The van der Waals surface area contributed by atoms with Crippen molar-refractivity contribution in [3.8, 4) is 0 Å². The number of nitrogens with two attached hydrogens (primary N) is 1. The molecule has 0 bridgehead atoms. The van der Waals surface area contributed by atoms with E-state index in [1.54, 1.807) is 13.0 Å². The van der Waals surface area contributed by atoms with Gasteiger partial charge in [0.05, 0.1) is 12.1 Å². The Morgan fingerprint density at radius 2 is 2.08 bits per heavy atom. The molecule has 0 heterocycles. The van der Waals surface area contributed by atoms with Gasteiger partial charge in [0.2, 0.25) is 0 Å². The standard InChI is InChI=1S/C9H11BrFNO/c1-5(13)9(12)6-2-7(10)4-8(11)3-6/h2-5,9,13H,12H2,1H3/t5?,9-/m1/s1. The number of halogens is 2. The smallest absolute Gasteiger partial charge is 0.124 e. The van der Waals surface area contributed by atoms with E-state index in [0.29, 0.717) is 10.0 Å². The summed E-state index contributed by atoms with van der Waals surface area (Å²) in [5.41, 5.74) is 6.22. The number of hydrogen-bond donors (Lipinski definition) is 2. The van der Waals surface area contributed by atoms with Crippen LogP contribution in [0.1, 0.15) is 18.5 Å². The lowest BCUT2D eigenvalue weighted by Gasteiger charge is -2.15. The lowest BCUT2D eigenvalue weighted by atomic mass is 10.0. The van der Waals surface area contributed by atoms with E-state index >= 15 is 0 Å². The lowest BCUT2D eigenvalue weighted by molar-refractivity contribution is 0.164. The third-order valence-electron chi connectivity index (χ3n) is 1.79. The van der Waals surface area contributed by atoms with Crippen LogP contribution in [0.2, 0.25) is 0 Å². The van der Waals surface area contributed by atoms with Crippen LogP contribution < -0.4 is 5.73 Å². The molecule has 2 nitrogen and oxygen atoms in total. The Labute approximate surface area is 84.7 Å². The van der Waals surface area contributed by atoms with Gasteiger partial charge >= 0.3 is 0 Å². The molecule has 2 atom stereocenters. The summed E-state index contributed by atoms with van der Waals surface area (Å²) in [6, 6.07) is 3.81. The van der Waals surface area contributed by atoms with Crippen molar-refractivity contribution in [1.82, 2.24) is 0 Å². The number of aliphatic hydroxyl groups is 1. The van der Waals surface area contributed by atoms with Crippen molar-refractivity contribution in [3.05, 3.63) is 34.1 Å². The Morgan fingerprint density at radius 3 is 2.54 bits per heavy atom. The fourth-order valence-corrected chi connectivity index (χ4v) is 1.53. The minimum atomic E-state index is -0.686. The van der Waals surface area contributed by atoms with Gasteiger partial charge in [0.25, 0.3) is 0 Å². The first-order chi connectivity index (χ1) is 6.00. The Morgan fingerprint density at radius 1 is 1.46 bits per heavy atom. The van der Waals surface area contributed by atoms with Gasteiger partial charge in [-0.15, -0.1) is 0 Å². The predicted molar refractivity (Wildman–Crippen MR) is 52.7 cm³/mol. The molecule has 0 amide bonds. The molecule has 4 heteroatoms. The summed E-state index contributed by atoms with van der Waals surface area (Å²) in [6.45, 7) is 1.57. The Bertz CT molecular complexity index is 283. The van der Waals surface area contributed by atoms with Gasteiger partial charge in [-0.25, -0.2) is 4.39 Å². The Hall–Kier alpha value is -0.450. The summed E-state index contributed by atoms with van der Waals surface area (Å²) >= 11 is 3.15. The number of rotatable bonds is 2. The minimum absolute atomic E-state index is 0.361. The van der Waals surface area contributed by atoms with E-state index in [2.05, 4.69) is 15.9 Å². The van der Waals surface area contributed by atoms with Crippen LogP contribution in [0.3, 0.4) is 0 Å². The van der Waals surface area contributed by atoms with Gasteiger partial charge in [-0.2, -0.15) is 0 Å². The molecule has 0 radical (unpaired) electrons. The highest BCUT2D eigenvalue weighted by Gasteiger charge is 2.13. The van der Waals surface area contributed by atoms with Crippen molar-refractivity contribution in [2.45, 2.75) is 19.1 Å². The molecule has 13 heavy (non-hydrogen) atoms. The fraction of sp³-hybridized carbons (Fsp3) is 0.333. The van der Waals surface area contributed by atoms with Gasteiger partial charge in [0.1, 0.15) is 5.82 Å². The molecule has 3 N–H and O–H groups in total. The van der Waals surface area contributed by atoms with Crippen LogP contribution in [0.15, 0.2) is 22.7 Å². The number of hydrogen-bond acceptors (Lipinski definition) is 2. The molecule has 72 valence electrons. The molecular weight excluding hydrogens is 237 g/mol. The van der Waals surface area contributed by atoms with Crippen LogP contribution in [0.25, 0.3) is 0 Å². The minimum Gasteiger partial charge on any atom is -0.391 e. The van der Waals surface area contributed by atoms with E-state index in [9.17, 15) is 9.50 Å². The predicted octanol–water partition coefficient (Wildman–Crippen LogP) is 1.97. The highest BCUT2D eigenvalue weighted by Crippen LogP contribution is 2.20. The zero-order valence-corrected chi connectivity index (χ0v) is 8.75. The average Bonchev–Trinajstić information content (AvgIpc) is 2.01. The molecule has 0 saturated carbocycles. The van der Waals surface area contributed by atoms with Gasteiger partial charge in [0, 0.05) is 4.47 Å². The fourth-order valence-electron chi connectivity index (χ4n) is 1.05. The van der Waals surface area contributed by atoms with Crippen LogP contribution in [-0.2, 0) is 0 Å². The van der Waals surface area contributed by atoms with Crippen molar-refractivity contribution in [2.24, 2.45) is 5.73 Å². The van der Waals surface area contributed by atoms with Crippen LogP contribution in [0.5, 0.6) is 0 Å². The van der Waals surface area contributed by atoms with Crippen molar-refractivity contribution in [3.63, 3.8) is 0 Å². The van der Waals surface area contributed by atoms with E-state index in [4.69, 9.17) is 5.73 Å². The van der Waals surface area contributed by atoms with Crippen molar-refractivity contribution in [1.29, 1.82) is 0 Å². The van der Waals surface area contributed by atoms with Gasteiger partial charge in [-0.05, 0) is 30.7 Å². The van der Waals surface area contributed by atoms with Crippen LogP contribution in [0.4, 0.5) is 4.39 Å². The molecule has 0 aliphatic heterocycles. The summed E-state index contributed by atoms with van der Waals surface area (Å²) in [5, 5.41) is 9.19. The molecule has 1 aromatic carbocycles. The summed E-state index contributed by atoms with van der Waals surface area (Å²) in [4.78, 5) is 0. The molecule has 0 aromatic heterocycles. The van der Waals surface area contributed by atoms with E-state index < -0.39 is 12.1 Å². The van der Waals surface area contributed by atoms with Crippen molar-refractivity contribution < 1.29 is 9.50 Å². The normalized spacial score (nSPS) is 15.5. The summed E-state index contributed by atoms with van der Waals surface area (Å²) in [7, 11) is 0. The topological polar surface area (TPSA) is 46.2 Å². The molecular formula is C9H11BrFNO. The van der Waals surface area contributed by atoms with E-state index in [-0.39, 0.29) is 5.82 Å². The third kappa shape index (κ3) is 2.76. The van der Waals surface area contributed by atoms with Gasteiger partial charge < -0.3 is 10.8 Å². The number of benzene rings is 1. The zero-order valence-electron chi connectivity index (χ0n) is 7.17. The summed E-state index contributed by atoms with van der Waals surface area (Å²) in [6.07, 6.45) is -0.686. The molecule has 0 spiro atoms. The van der Waals surface area contributed by atoms with Crippen molar-refractivity contribution >= 4 is 15.9 Å². The quantitative estimate of drug-likeness (QED) is 0.840. The molecule has 0 saturated heterocycles. The second kappa shape index (κ2) is 4.17. The van der Waals surface area contributed by atoms with E-state index in [0.717, 1.165) is 0 Å². The molecule has 1 rings (SSSR count). The summed E-state index contributed by atoms with van der Waals surface area (Å²) in [5.74, 6) is -0.361. The second-order valence-corrected chi connectivity index (χ2v) is 3.88. The lowest BCUT2D eigenvalue weighted by Crippen LogP contribution is -2.23. The molecule has 0 aliphatic rings. The first-order valence-electron chi connectivity index (χ1n) is 3.90. The molecule has 1 unspecified atom stereocenters. The third-order valence-corrected chi connectivity index (χ3v) is 2.25. The zero-order chi connectivity index (χ0) is 10.0. The monoisotopic (exact) mass is 247 g/mol. The van der Waals surface area contributed by atoms with Gasteiger partial charge in [-0.1, -0.05) is 15.9 Å². The van der Waals surface area contributed by atoms with Gasteiger partial charge in [-0.3, -0.25) is 0 Å². The van der Waals surface area contributed by atoms with Crippen LogP contribution >= 0.6 is 15.9 Å². The first-order valence-corrected chi connectivity index (χ1v) is 4.69. The Kier molecular flexibility index (Phi) is 3.41. The molecule has 1 aromatic rings. The van der Waals surface area contributed by atoms with Crippen LogP contribution in [0, 0.1) is 5.82 Å². The average molecular weight is 248 g/mol. The SMILES string of the molecule is CC(O)[C@@H](N)c1cc(F)cc(Br)c1. The highest BCUT2D eigenvalue weighted by molar-refractivity contribution is 9.10. The van der Waals surface area contributed by atoms with Gasteiger partial charge in [0.15, 0.2) is 0 Å². The van der Waals surface area contributed by atoms with E-state index in [1.165, 1.54) is 12.1 Å². The first kappa shape index (κ1) is 10.6. The Balaban J connectivity index is 3.01. The van der Waals surface area contributed by atoms with E-state index in [1.807, 2.05) is 0 Å². The second-order valence-electron chi connectivity index (χ2n) is 2.97. The maximum atomic E-state index is 12.9. The highest BCUT2D eigenvalue weighted by atomic mass is 79.9. The maximum Gasteiger partial charge on any atom is 0.124 e.